The molecule has 8 nitrogen and oxygen atoms in total. The van der Waals surface area contributed by atoms with Gasteiger partial charge in [-0.25, -0.2) is 0 Å². The topological polar surface area (TPSA) is 99.9 Å². The summed E-state index contributed by atoms with van der Waals surface area (Å²) < 4.78 is 16.4. The van der Waals surface area contributed by atoms with Crippen LogP contribution in [0.15, 0.2) is 59.1 Å². The maximum Gasteiger partial charge on any atom is 0.269 e. The summed E-state index contributed by atoms with van der Waals surface area (Å²) in [5, 5.41) is 13.6. The van der Waals surface area contributed by atoms with Gasteiger partial charge in [0.05, 0.1) is 36.3 Å². The summed E-state index contributed by atoms with van der Waals surface area (Å²) in [6.07, 6.45) is 0. The molecule has 0 atom stereocenters. The number of anilines is 1. The lowest BCUT2D eigenvalue weighted by Crippen LogP contribution is -2.13. The number of hydrogen-bond donors (Lipinski definition) is 1. The molecule has 0 bridgehead atoms. The molecular formula is C22H19BrN2O6. The SMILES string of the molecule is COc1cc(C(=O)Nc2ccc(-c3ccc([N+](=O)[O-])cc3)cc2)c(Br)c(OC)c1OC. The zero-order valence-corrected chi connectivity index (χ0v) is 18.6. The number of nitro benzene ring substituents is 1. The number of carbonyl (C=O) groups is 1. The van der Waals surface area contributed by atoms with Gasteiger partial charge in [0, 0.05) is 17.8 Å². The molecule has 31 heavy (non-hydrogen) atoms. The third-order valence-corrected chi connectivity index (χ3v) is 5.36. The molecule has 0 heterocycles. The first-order valence-electron chi connectivity index (χ1n) is 9.04. The zero-order chi connectivity index (χ0) is 22.5. The van der Waals surface area contributed by atoms with Crippen molar-refractivity contribution in [2.45, 2.75) is 0 Å². The summed E-state index contributed by atoms with van der Waals surface area (Å²) in [5.41, 5.74) is 2.62. The van der Waals surface area contributed by atoms with E-state index in [-0.39, 0.29) is 11.6 Å². The van der Waals surface area contributed by atoms with Crippen LogP contribution >= 0.6 is 15.9 Å². The number of nitrogens with zero attached hydrogens (tertiary/aromatic N) is 1. The molecule has 1 amide bonds. The van der Waals surface area contributed by atoms with Crippen molar-refractivity contribution in [1.29, 1.82) is 0 Å². The van der Waals surface area contributed by atoms with Crippen LogP contribution in [-0.4, -0.2) is 32.2 Å². The summed E-state index contributed by atoms with van der Waals surface area (Å²) in [6, 6.07) is 15.0. The first kappa shape index (κ1) is 22.1. The summed E-state index contributed by atoms with van der Waals surface area (Å²) in [5.74, 6) is 0.719. The average Bonchev–Trinajstić information content (AvgIpc) is 2.79. The lowest BCUT2D eigenvalue weighted by atomic mass is 10.0. The van der Waals surface area contributed by atoms with E-state index in [0.717, 1.165) is 11.1 Å². The third-order valence-electron chi connectivity index (χ3n) is 4.57. The average molecular weight is 487 g/mol. The van der Waals surface area contributed by atoms with Crippen molar-refractivity contribution in [3.63, 3.8) is 0 Å². The molecule has 160 valence electrons. The van der Waals surface area contributed by atoms with Crippen molar-refractivity contribution < 1.29 is 23.9 Å². The number of rotatable bonds is 7. The Hall–Kier alpha value is -3.59. The fraction of sp³-hybridized carbons (Fsp3) is 0.136. The first-order valence-corrected chi connectivity index (χ1v) is 9.83. The number of nitro groups is 1. The van der Waals surface area contributed by atoms with Gasteiger partial charge in [-0.1, -0.05) is 12.1 Å². The number of halogens is 1. The maximum atomic E-state index is 12.9. The van der Waals surface area contributed by atoms with Gasteiger partial charge in [-0.2, -0.15) is 0 Å². The van der Waals surface area contributed by atoms with E-state index >= 15 is 0 Å². The normalized spacial score (nSPS) is 10.3. The van der Waals surface area contributed by atoms with Crippen molar-refractivity contribution in [3.8, 4) is 28.4 Å². The molecule has 3 rings (SSSR count). The van der Waals surface area contributed by atoms with E-state index in [1.54, 1.807) is 30.3 Å². The van der Waals surface area contributed by atoms with E-state index in [4.69, 9.17) is 14.2 Å². The Bertz CT molecular complexity index is 1110. The Balaban J connectivity index is 1.83. The Morgan fingerprint density at radius 1 is 0.903 bits per heavy atom. The summed E-state index contributed by atoms with van der Waals surface area (Å²) in [4.78, 5) is 23.2. The standard InChI is InChI=1S/C22H19BrN2O6/c1-29-18-12-17(19(23)21(31-3)20(18)30-2)22(26)24-15-8-4-13(5-9-15)14-6-10-16(11-7-14)25(27)28/h4-12H,1-3H3,(H,24,26). The molecule has 0 unspecified atom stereocenters. The van der Waals surface area contributed by atoms with E-state index in [2.05, 4.69) is 21.2 Å². The highest BCUT2D eigenvalue weighted by Gasteiger charge is 2.23. The summed E-state index contributed by atoms with van der Waals surface area (Å²) >= 11 is 3.40. The monoisotopic (exact) mass is 486 g/mol. The number of ether oxygens (including phenoxy) is 3. The molecule has 0 saturated carbocycles. The largest absolute Gasteiger partial charge is 0.493 e. The minimum atomic E-state index is -0.441. The molecule has 1 N–H and O–H groups in total. The van der Waals surface area contributed by atoms with Crippen LogP contribution in [0.4, 0.5) is 11.4 Å². The smallest absolute Gasteiger partial charge is 0.269 e. The molecule has 3 aromatic rings. The number of nitrogens with one attached hydrogen (secondary N) is 1. The second-order valence-electron chi connectivity index (χ2n) is 6.34. The van der Waals surface area contributed by atoms with Gasteiger partial charge < -0.3 is 19.5 Å². The number of amides is 1. The second kappa shape index (κ2) is 9.48. The van der Waals surface area contributed by atoms with E-state index < -0.39 is 4.92 Å². The van der Waals surface area contributed by atoms with Crippen LogP contribution in [0.5, 0.6) is 17.2 Å². The molecule has 0 radical (unpaired) electrons. The number of benzene rings is 3. The highest BCUT2D eigenvalue weighted by atomic mass is 79.9. The Morgan fingerprint density at radius 2 is 1.45 bits per heavy atom. The maximum absolute atomic E-state index is 12.9. The molecular weight excluding hydrogens is 468 g/mol. The van der Waals surface area contributed by atoms with E-state index in [1.807, 2.05) is 12.1 Å². The van der Waals surface area contributed by atoms with Crippen molar-refractivity contribution in [3.05, 3.63) is 74.7 Å². The first-order chi connectivity index (χ1) is 14.9. The lowest BCUT2D eigenvalue weighted by Gasteiger charge is -2.16. The second-order valence-corrected chi connectivity index (χ2v) is 7.14. The van der Waals surface area contributed by atoms with Crippen molar-refractivity contribution in [2.75, 3.05) is 26.6 Å². The van der Waals surface area contributed by atoms with Crippen LogP contribution in [0.1, 0.15) is 10.4 Å². The van der Waals surface area contributed by atoms with Crippen LogP contribution in [0.3, 0.4) is 0 Å². The van der Waals surface area contributed by atoms with Gasteiger partial charge in [0.2, 0.25) is 5.75 Å². The predicted octanol–water partition coefficient (Wildman–Crippen LogP) is 5.30. The Morgan fingerprint density at radius 3 is 1.94 bits per heavy atom. The molecule has 0 aliphatic heterocycles. The van der Waals surface area contributed by atoms with E-state index in [9.17, 15) is 14.9 Å². The van der Waals surface area contributed by atoms with Crippen LogP contribution in [0.25, 0.3) is 11.1 Å². The summed E-state index contributed by atoms with van der Waals surface area (Å²) in [6.45, 7) is 0. The number of hydrogen-bond acceptors (Lipinski definition) is 6. The Kier molecular flexibility index (Phi) is 6.76. The highest BCUT2D eigenvalue weighted by molar-refractivity contribution is 9.10. The zero-order valence-electron chi connectivity index (χ0n) is 17.0. The molecule has 9 heteroatoms. The highest BCUT2D eigenvalue weighted by Crippen LogP contribution is 2.44. The molecule has 0 fully saturated rings. The Labute approximate surface area is 187 Å². The molecule has 0 spiro atoms. The number of non-ortho nitro benzene ring substituents is 1. The van der Waals surface area contributed by atoms with Crippen LogP contribution in [-0.2, 0) is 0 Å². The fourth-order valence-electron chi connectivity index (χ4n) is 3.01. The van der Waals surface area contributed by atoms with Gasteiger partial charge in [-0.3, -0.25) is 14.9 Å². The lowest BCUT2D eigenvalue weighted by molar-refractivity contribution is -0.384. The van der Waals surface area contributed by atoms with Gasteiger partial charge in [0.15, 0.2) is 11.5 Å². The van der Waals surface area contributed by atoms with Crippen molar-refractivity contribution in [2.24, 2.45) is 0 Å². The summed E-state index contributed by atoms with van der Waals surface area (Å²) in [7, 11) is 4.43. The molecule has 0 saturated heterocycles. The number of carbonyl (C=O) groups excluding carboxylic acids is 1. The minimum Gasteiger partial charge on any atom is -0.493 e. The van der Waals surface area contributed by atoms with Gasteiger partial charge >= 0.3 is 0 Å². The molecule has 0 aliphatic carbocycles. The minimum absolute atomic E-state index is 0.0311. The predicted molar refractivity (Wildman–Crippen MR) is 120 cm³/mol. The van der Waals surface area contributed by atoms with Gasteiger partial charge in [-0.15, -0.1) is 0 Å². The van der Waals surface area contributed by atoms with Gasteiger partial charge in [0.1, 0.15) is 0 Å². The third kappa shape index (κ3) is 4.61. The quantitative estimate of drug-likeness (QED) is 0.359. The van der Waals surface area contributed by atoms with E-state index in [1.165, 1.54) is 33.5 Å². The van der Waals surface area contributed by atoms with E-state index in [0.29, 0.717) is 33.0 Å². The van der Waals surface area contributed by atoms with Crippen molar-refractivity contribution >= 4 is 33.2 Å². The van der Waals surface area contributed by atoms with Crippen molar-refractivity contribution in [1.82, 2.24) is 0 Å². The van der Waals surface area contributed by atoms with Crippen LogP contribution < -0.4 is 19.5 Å². The fourth-order valence-corrected chi connectivity index (χ4v) is 3.64. The molecule has 0 aliphatic rings. The number of methoxy groups -OCH3 is 3. The molecule has 0 aromatic heterocycles. The van der Waals surface area contributed by atoms with Gasteiger partial charge in [0.25, 0.3) is 11.6 Å². The molecule has 3 aromatic carbocycles. The van der Waals surface area contributed by atoms with Gasteiger partial charge in [-0.05, 0) is 57.4 Å². The van der Waals surface area contributed by atoms with Crippen LogP contribution in [0, 0.1) is 10.1 Å². The van der Waals surface area contributed by atoms with Crippen LogP contribution in [0.2, 0.25) is 0 Å².